The smallest absolute Gasteiger partial charge is 0.218 e. The molecule has 0 unspecified atom stereocenters. The number of fused-ring (bicyclic) bond motifs is 2. The van der Waals surface area contributed by atoms with Crippen molar-refractivity contribution >= 4 is 23.1 Å². The minimum Gasteiger partial charge on any atom is -0.351 e. The lowest BCUT2D eigenvalue weighted by atomic mass is 10.2. The van der Waals surface area contributed by atoms with E-state index in [0.717, 1.165) is 49.1 Å². The van der Waals surface area contributed by atoms with Gasteiger partial charge in [0.05, 0.1) is 12.2 Å². The van der Waals surface area contributed by atoms with Crippen LogP contribution in [0.3, 0.4) is 0 Å². The Morgan fingerprint density at radius 3 is 2.77 bits per heavy atom. The van der Waals surface area contributed by atoms with Crippen molar-refractivity contribution in [3.8, 4) is 0 Å². The first-order chi connectivity index (χ1) is 10.7. The molecule has 7 nitrogen and oxygen atoms in total. The summed E-state index contributed by atoms with van der Waals surface area (Å²) in [5.74, 6) is 1.57. The first kappa shape index (κ1) is 13.7. The molecule has 2 aromatic rings. The fraction of sp³-hybridized carbons (Fsp3) is 0.429. The highest BCUT2D eigenvalue weighted by Gasteiger charge is 2.26. The maximum atomic E-state index is 6.11. The number of piperazine rings is 1. The molecule has 0 amide bonds. The highest BCUT2D eigenvalue weighted by molar-refractivity contribution is 6.30. The number of amidine groups is 1. The van der Waals surface area contributed by atoms with Gasteiger partial charge in [0.1, 0.15) is 0 Å². The number of benzene rings is 1. The molecule has 2 aliphatic heterocycles. The van der Waals surface area contributed by atoms with Gasteiger partial charge in [-0.2, -0.15) is 0 Å². The van der Waals surface area contributed by atoms with Gasteiger partial charge in [0.15, 0.2) is 5.84 Å². The average molecular weight is 318 g/mol. The third-order valence-corrected chi connectivity index (χ3v) is 4.36. The van der Waals surface area contributed by atoms with E-state index in [1.807, 2.05) is 18.2 Å². The van der Waals surface area contributed by atoms with Gasteiger partial charge in [-0.1, -0.05) is 11.6 Å². The summed E-state index contributed by atoms with van der Waals surface area (Å²) >= 11 is 6.11. The summed E-state index contributed by atoms with van der Waals surface area (Å²) in [6.45, 7) is 4.44. The standard InChI is InChI=1S/C14H16ClN7/c1-20-4-6-21(7-5-20)13-14-17-18-19-22(14)9-10-8-11(15)2-3-12(10)16-13/h2-3,8H,4-7,9H2,1H3. The number of aliphatic imine (C=N–C) groups is 1. The van der Waals surface area contributed by atoms with Crippen molar-refractivity contribution in [2.75, 3.05) is 33.2 Å². The number of hydrogen-bond donors (Lipinski definition) is 0. The zero-order chi connectivity index (χ0) is 15.1. The molecule has 1 aromatic carbocycles. The number of hydrogen-bond acceptors (Lipinski definition) is 6. The Morgan fingerprint density at radius 1 is 1.14 bits per heavy atom. The molecule has 0 aliphatic carbocycles. The molecule has 1 aromatic heterocycles. The molecule has 0 atom stereocenters. The van der Waals surface area contributed by atoms with Gasteiger partial charge in [0.2, 0.25) is 5.82 Å². The third-order valence-electron chi connectivity index (χ3n) is 4.12. The second-order valence-electron chi connectivity index (χ2n) is 5.66. The zero-order valence-electron chi connectivity index (χ0n) is 12.3. The molecule has 4 rings (SSSR count). The van der Waals surface area contributed by atoms with Crippen molar-refractivity contribution in [3.63, 3.8) is 0 Å². The SMILES string of the molecule is CN1CCN(C2=Nc3ccc(Cl)cc3Cn3nnnc32)CC1. The minimum absolute atomic E-state index is 0.582. The summed E-state index contributed by atoms with van der Waals surface area (Å²) in [4.78, 5) is 9.41. The second-order valence-corrected chi connectivity index (χ2v) is 6.10. The van der Waals surface area contributed by atoms with E-state index in [9.17, 15) is 0 Å². The lowest BCUT2D eigenvalue weighted by Gasteiger charge is -2.33. The van der Waals surface area contributed by atoms with Gasteiger partial charge in [-0.15, -0.1) is 5.10 Å². The van der Waals surface area contributed by atoms with Crippen LogP contribution in [-0.4, -0.2) is 69.1 Å². The van der Waals surface area contributed by atoms with Crippen LogP contribution in [0.4, 0.5) is 5.69 Å². The molecule has 22 heavy (non-hydrogen) atoms. The molecule has 0 saturated carbocycles. The van der Waals surface area contributed by atoms with E-state index in [1.165, 1.54) is 0 Å². The Morgan fingerprint density at radius 2 is 1.95 bits per heavy atom. The first-order valence-corrected chi connectivity index (χ1v) is 7.65. The van der Waals surface area contributed by atoms with E-state index in [1.54, 1.807) is 4.68 Å². The fourth-order valence-electron chi connectivity index (χ4n) is 2.82. The van der Waals surface area contributed by atoms with Crippen LogP contribution in [0.2, 0.25) is 5.02 Å². The molecule has 2 aliphatic rings. The van der Waals surface area contributed by atoms with Gasteiger partial charge in [0, 0.05) is 36.8 Å². The number of rotatable bonds is 0. The van der Waals surface area contributed by atoms with E-state index >= 15 is 0 Å². The minimum atomic E-state index is 0.582. The van der Waals surface area contributed by atoms with Crippen LogP contribution in [0.1, 0.15) is 11.4 Å². The predicted molar refractivity (Wildman–Crippen MR) is 83.6 cm³/mol. The van der Waals surface area contributed by atoms with Gasteiger partial charge >= 0.3 is 0 Å². The van der Waals surface area contributed by atoms with Crippen molar-refractivity contribution in [1.29, 1.82) is 0 Å². The Bertz CT molecular complexity index is 731. The van der Waals surface area contributed by atoms with Crippen molar-refractivity contribution in [1.82, 2.24) is 30.0 Å². The van der Waals surface area contributed by atoms with Gasteiger partial charge in [0.25, 0.3) is 0 Å². The molecule has 1 saturated heterocycles. The third kappa shape index (κ3) is 2.36. The molecule has 1 fully saturated rings. The van der Waals surface area contributed by atoms with E-state index < -0.39 is 0 Å². The molecule has 0 bridgehead atoms. The average Bonchev–Trinajstić information content (AvgIpc) is 2.90. The van der Waals surface area contributed by atoms with Gasteiger partial charge in [-0.3, -0.25) is 0 Å². The molecule has 3 heterocycles. The Labute approximate surface area is 133 Å². The lowest BCUT2D eigenvalue weighted by molar-refractivity contribution is 0.215. The van der Waals surface area contributed by atoms with E-state index in [2.05, 4.69) is 32.4 Å². The molecular formula is C14H16ClN7. The molecular weight excluding hydrogens is 302 g/mol. The number of likely N-dealkylation sites (N-methyl/N-ethyl adjacent to an activating group) is 1. The molecule has 0 radical (unpaired) electrons. The summed E-state index contributed by atoms with van der Waals surface area (Å²) in [6, 6.07) is 5.75. The molecule has 0 spiro atoms. The van der Waals surface area contributed by atoms with Crippen LogP contribution in [0, 0.1) is 0 Å². The fourth-order valence-corrected chi connectivity index (χ4v) is 3.01. The molecule has 0 N–H and O–H groups in total. The number of nitrogens with zero attached hydrogens (tertiary/aromatic N) is 7. The molecule has 114 valence electrons. The van der Waals surface area contributed by atoms with Crippen LogP contribution in [0.25, 0.3) is 0 Å². The van der Waals surface area contributed by atoms with E-state index in [-0.39, 0.29) is 0 Å². The van der Waals surface area contributed by atoms with Crippen molar-refractivity contribution < 1.29 is 0 Å². The van der Waals surface area contributed by atoms with Crippen LogP contribution in [0.5, 0.6) is 0 Å². The lowest BCUT2D eigenvalue weighted by Crippen LogP contribution is -2.48. The van der Waals surface area contributed by atoms with E-state index in [4.69, 9.17) is 16.6 Å². The van der Waals surface area contributed by atoms with Crippen LogP contribution in [-0.2, 0) is 6.54 Å². The second kappa shape index (κ2) is 5.33. The summed E-state index contributed by atoms with van der Waals surface area (Å²) in [6.07, 6.45) is 0. The largest absolute Gasteiger partial charge is 0.351 e. The highest BCUT2D eigenvalue weighted by atomic mass is 35.5. The number of tetrazole rings is 1. The monoisotopic (exact) mass is 317 g/mol. The zero-order valence-corrected chi connectivity index (χ0v) is 13.0. The highest BCUT2D eigenvalue weighted by Crippen LogP contribution is 2.28. The van der Waals surface area contributed by atoms with Gasteiger partial charge in [-0.05, 0) is 35.7 Å². The number of aromatic nitrogens is 4. The van der Waals surface area contributed by atoms with Crippen LogP contribution < -0.4 is 0 Å². The van der Waals surface area contributed by atoms with Gasteiger partial charge in [-0.25, -0.2) is 9.67 Å². The normalized spacial score (nSPS) is 18.5. The predicted octanol–water partition coefficient (Wildman–Crippen LogP) is 1.01. The molecule has 8 heteroatoms. The Hall–Kier alpha value is -1.99. The Balaban J connectivity index is 1.79. The summed E-state index contributed by atoms with van der Waals surface area (Å²) in [5.41, 5.74) is 1.95. The van der Waals surface area contributed by atoms with Crippen LogP contribution in [0.15, 0.2) is 23.2 Å². The van der Waals surface area contributed by atoms with E-state index in [0.29, 0.717) is 11.6 Å². The quantitative estimate of drug-likeness (QED) is 0.726. The topological polar surface area (TPSA) is 62.4 Å². The van der Waals surface area contributed by atoms with Crippen LogP contribution >= 0.6 is 11.6 Å². The van der Waals surface area contributed by atoms with Crippen molar-refractivity contribution in [2.45, 2.75) is 6.54 Å². The van der Waals surface area contributed by atoms with Crippen molar-refractivity contribution in [3.05, 3.63) is 34.6 Å². The first-order valence-electron chi connectivity index (χ1n) is 7.28. The summed E-state index contributed by atoms with van der Waals surface area (Å²) < 4.78 is 1.79. The maximum absolute atomic E-state index is 6.11. The van der Waals surface area contributed by atoms with Crippen molar-refractivity contribution in [2.24, 2.45) is 4.99 Å². The maximum Gasteiger partial charge on any atom is 0.218 e. The summed E-state index contributed by atoms with van der Waals surface area (Å²) in [7, 11) is 2.13. The number of halogens is 1. The Kier molecular flexibility index (Phi) is 3.31. The van der Waals surface area contributed by atoms with Gasteiger partial charge < -0.3 is 9.80 Å². The summed E-state index contributed by atoms with van der Waals surface area (Å²) in [5, 5.41) is 12.8.